The molecular weight excluding hydrogens is 601 g/mol. The van der Waals surface area contributed by atoms with Crippen LogP contribution in [-0.2, 0) is 6.42 Å². The summed E-state index contributed by atoms with van der Waals surface area (Å²) < 4.78 is 7.15. The first kappa shape index (κ1) is 30.9. The maximum Gasteiger partial charge on any atom is 0.0542 e. The van der Waals surface area contributed by atoms with Gasteiger partial charge in [-0.2, -0.15) is 0 Å². The molecule has 4 aromatic carbocycles. The van der Waals surface area contributed by atoms with Gasteiger partial charge in [0.1, 0.15) is 0 Å². The van der Waals surface area contributed by atoms with Crippen molar-refractivity contribution in [3.63, 3.8) is 0 Å². The van der Waals surface area contributed by atoms with Crippen LogP contribution >= 0.6 is 34.0 Å². The summed E-state index contributed by atoms with van der Waals surface area (Å²) >= 11 is 5.86. The fourth-order valence-corrected chi connectivity index (χ4v) is 10.7. The van der Waals surface area contributed by atoms with E-state index in [4.69, 9.17) is 0 Å². The van der Waals surface area contributed by atoms with Gasteiger partial charge in [0.05, 0.1) is 9.40 Å². The van der Waals surface area contributed by atoms with Crippen LogP contribution in [0.25, 0.3) is 60.9 Å². The fraction of sp³-hybridized carbons (Fsp3) is 0.381. The molecule has 0 nitrogen and oxygen atoms in total. The lowest BCUT2D eigenvalue weighted by atomic mass is 10.0. The Balaban J connectivity index is 0.961. The molecule has 0 unspecified atom stereocenters. The lowest BCUT2D eigenvalue weighted by Gasteiger charge is -2.04. The topological polar surface area (TPSA) is 0 Å². The van der Waals surface area contributed by atoms with Crippen molar-refractivity contribution in [3.05, 3.63) is 84.4 Å². The van der Waals surface area contributed by atoms with E-state index in [1.807, 2.05) is 34.0 Å². The first-order chi connectivity index (χ1) is 22.3. The molecule has 0 aliphatic heterocycles. The van der Waals surface area contributed by atoms with E-state index < -0.39 is 0 Å². The molecule has 0 radical (unpaired) electrons. The third-order valence-electron chi connectivity index (χ3n) is 9.63. The van der Waals surface area contributed by atoms with Gasteiger partial charge in [-0.15, -0.1) is 34.0 Å². The normalized spacial score (nSPS) is 12.1. The molecule has 0 atom stereocenters. The Bertz CT molecular complexity index is 1980. The van der Waals surface area contributed by atoms with Gasteiger partial charge >= 0.3 is 0 Å². The van der Waals surface area contributed by atoms with Gasteiger partial charge in [0.2, 0.25) is 0 Å². The van der Waals surface area contributed by atoms with E-state index >= 15 is 0 Å². The summed E-state index contributed by atoms with van der Waals surface area (Å²) in [5, 5.41) is 6.90. The molecule has 0 N–H and O–H groups in total. The molecule has 7 rings (SSSR count). The molecule has 0 bridgehead atoms. The van der Waals surface area contributed by atoms with Crippen molar-refractivity contribution in [2.75, 3.05) is 0 Å². The molecule has 0 saturated carbocycles. The summed E-state index contributed by atoms with van der Waals surface area (Å²) in [5.41, 5.74) is 2.83. The van der Waals surface area contributed by atoms with Crippen LogP contribution in [0.1, 0.15) is 102 Å². The Morgan fingerprint density at radius 3 is 1.84 bits per heavy atom. The molecule has 3 aromatic heterocycles. The summed E-state index contributed by atoms with van der Waals surface area (Å²) in [6.45, 7) is 2.30. The van der Waals surface area contributed by atoms with Crippen LogP contribution < -0.4 is 0 Å². The van der Waals surface area contributed by atoms with Crippen LogP contribution in [0.3, 0.4) is 0 Å². The highest BCUT2D eigenvalue weighted by Gasteiger charge is 2.14. The SMILES string of the molecule is CCCCCCCCCCCCCCCCc1ccc2sc3c4cc5cc(-c6cc7ccccc7s6)ccc5cc4sc3c2c1. The van der Waals surface area contributed by atoms with Crippen molar-refractivity contribution in [3.8, 4) is 10.4 Å². The number of rotatable bonds is 16. The van der Waals surface area contributed by atoms with Crippen LogP contribution in [-0.4, -0.2) is 0 Å². The Morgan fingerprint density at radius 1 is 0.444 bits per heavy atom. The minimum Gasteiger partial charge on any atom is -0.135 e. The van der Waals surface area contributed by atoms with Gasteiger partial charge in [-0.1, -0.05) is 127 Å². The zero-order chi connectivity index (χ0) is 30.4. The summed E-state index contributed by atoms with van der Waals surface area (Å²) in [7, 11) is 0. The highest BCUT2D eigenvalue weighted by Crippen LogP contribution is 2.46. The van der Waals surface area contributed by atoms with Gasteiger partial charge in [-0.05, 0) is 82.6 Å². The van der Waals surface area contributed by atoms with Gasteiger partial charge in [0, 0.05) is 29.7 Å². The molecule has 0 aliphatic carbocycles. The van der Waals surface area contributed by atoms with Gasteiger partial charge in [0.25, 0.3) is 0 Å². The number of unbranched alkanes of at least 4 members (excludes halogenated alkanes) is 13. The molecule has 0 amide bonds. The maximum absolute atomic E-state index is 2.51. The smallest absolute Gasteiger partial charge is 0.0542 e. The second-order valence-corrected chi connectivity index (χ2v) is 16.3. The van der Waals surface area contributed by atoms with Crippen molar-refractivity contribution in [2.24, 2.45) is 0 Å². The summed E-state index contributed by atoms with van der Waals surface area (Å²) in [6.07, 6.45) is 21.1. The maximum atomic E-state index is 2.51. The Hall–Kier alpha value is -2.72. The number of hydrogen-bond acceptors (Lipinski definition) is 3. The fourth-order valence-electron chi connectivity index (χ4n) is 7.01. The van der Waals surface area contributed by atoms with Gasteiger partial charge < -0.3 is 0 Å². The molecule has 0 saturated heterocycles. The largest absolute Gasteiger partial charge is 0.135 e. The van der Waals surface area contributed by atoms with E-state index in [2.05, 4.69) is 85.8 Å². The van der Waals surface area contributed by atoms with Crippen LogP contribution in [0, 0.1) is 0 Å². The van der Waals surface area contributed by atoms with Crippen molar-refractivity contribution in [1.29, 1.82) is 0 Å². The first-order valence-electron chi connectivity index (χ1n) is 17.6. The molecule has 45 heavy (non-hydrogen) atoms. The summed E-state index contributed by atoms with van der Waals surface area (Å²) in [5.74, 6) is 0. The molecule has 7 aromatic rings. The monoisotopic (exact) mass is 646 g/mol. The van der Waals surface area contributed by atoms with Gasteiger partial charge in [-0.25, -0.2) is 0 Å². The standard InChI is InChI=1S/C42H46S3/c1-2-3-4-5-6-7-8-9-10-11-12-13-14-15-18-30-21-24-38-35(25-30)41-42(44-38)36-27-34-26-33(23-22-31(34)28-40(36)45-41)39-29-32-19-16-17-20-37(32)43-39/h16-17,19-29H,2-15,18H2,1H3. The van der Waals surface area contributed by atoms with Crippen molar-refractivity contribution >= 4 is 84.4 Å². The Labute approximate surface area is 281 Å². The van der Waals surface area contributed by atoms with Crippen LogP contribution in [0.15, 0.2) is 78.9 Å². The average molecular weight is 647 g/mol. The molecule has 3 heterocycles. The van der Waals surface area contributed by atoms with Crippen molar-refractivity contribution in [2.45, 2.75) is 103 Å². The summed E-state index contributed by atoms with van der Waals surface area (Å²) in [6, 6.07) is 30.2. The Kier molecular flexibility index (Phi) is 10.2. The molecule has 0 spiro atoms. The minimum atomic E-state index is 1.21. The van der Waals surface area contributed by atoms with E-state index in [1.165, 1.54) is 163 Å². The third-order valence-corrected chi connectivity index (χ3v) is 13.3. The zero-order valence-corrected chi connectivity index (χ0v) is 29.3. The van der Waals surface area contributed by atoms with E-state index in [0.29, 0.717) is 0 Å². The Morgan fingerprint density at radius 2 is 1.11 bits per heavy atom. The third kappa shape index (κ3) is 7.17. The van der Waals surface area contributed by atoms with Gasteiger partial charge in [-0.3, -0.25) is 0 Å². The summed E-state index contributed by atoms with van der Waals surface area (Å²) in [4.78, 5) is 1.35. The van der Waals surface area contributed by atoms with E-state index in [9.17, 15) is 0 Å². The second-order valence-electron chi connectivity index (χ2n) is 13.1. The van der Waals surface area contributed by atoms with E-state index in [1.54, 1.807) is 0 Å². The van der Waals surface area contributed by atoms with Crippen LogP contribution in [0.4, 0.5) is 0 Å². The zero-order valence-electron chi connectivity index (χ0n) is 26.8. The molecule has 0 aliphatic rings. The highest BCUT2D eigenvalue weighted by molar-refractivity contribution is 7.36. The average Bonchev–Trinajstić information content (AvgIpc) is 3.75. The number of thiophene rings is 3. The minimum absolute atomic E-state index is 1.21. The lowest BCUT2D eigenvalue weighted by molar-refractivity contribution is 0.535. The number of aryl methyl sites for hydroxylation is 1. The molecule has 3 heteroatoms. The van der Waals surface area contributed by atoms with Crippen molar-refractivity contribution < 1.29 is 0 Å². The molecule has 232 valence electrons. The number of fused-ring (bicyclic) bond motifs is 7. The lowest BCUT2D eigenvalue weighted by Crippen LogP contribution is -1.86. The molecular formula is C42H46S3. The van der Waals surface area contributed by atoms with Gasteiger partial charge in [0.15, 0.2) is 0 Å². The van der Waals surface area contributed by atoms with Crippen LogP contribution in [0.5, 0.6) is 0 Å². The van der Waals surface area contributed by atoms with E-state index in [0.717, 1.165) is 0 Å². The van der Waals surface area contributed by atoms with E-state index in [-0.39, 0.29) is 0 Å². The number of benzene rings is 4. The first-order valence-corrected chi connectivity index (χ1v) is 20.0. The number of hydrogen-bond donors (Lipinski definition) is 0. The van der Waals surface area contributed by atoms with Crippen LogP contribution in [0.2, 0.25) is 0 Å². The highest BCUT2D eigenvalue weighted by atomic mass is 32.1. The van der Waals surface area contributed by atoms with Crippen molar-refractivity contribution in [1.82, 2.24) is 0 Å². The predicted octanol–water partition coefficient (Wildman–Crippen LogP) is 15.3. The quantitative estimate of drug-likeness (QED) is 0.0917. The second kappa shape index (κ2) is 14.8. The molecule has 0 fully saturated rings. The predicted molar refractivity (Wildman–Crippen MR) is 207 cm³/mol.